The molecule has 2 aliphatic heterocycles. The number of rotatable bonds is 1. The number of fused-ring (bicyclic) bond motifs is 3. The SMILES string of the molecule is N#Cc1ccnc(N2CC[C@@H]3OCc4cnnn4[C@@H]3C2)c1. The van der Waals surface area contributed by atoms with Crippen molar-refractivity contribution in [2.45, 2.75) is 25.2 Å². The number of piperidine rings is 1. The lowest BCUT2D eigenvalue weighted by atomic mass is 10.0. The van der Waals surface area contributed by atoms with E-state index in [1.54, 1.807) is 18.5 Å². The van der Waals surface area contributed by atoms with Crippen LogP contribution in [0.2, 0.25) is 0 Å². The van der Waals surface area contributed by atoms with E-state index in [0.717, 1.165) is 31.0 Å². The standard InChI is InChI=1S/C14H14N6O/c15-6-10-1-3-16-14(5-10)19-4-2-13-12(8-19)20-11(9-21-13)7-17-18-20/h1,3,5,7,12-13H,2,4,8-9H2/t12-,13+/m1/s1. The first-order valence-corrected chi connectivity index (χ1v) is 6.97. The van der Waals surface area contributed by atoms with Gasteiger partial charge in [0.05, 0.1) is 42.3 Å². The molecule has 0 aliphatic carbocycles. The molecule has 0 N–H and O–H groups in total. The average Bonchev–Trinajstić information content (AvgIpc) is 3.03. The first-order chi connectivity index (χ1) is 10.3. The summed E-state index contributed by atoms with van der Waals surface area (Å²) in [6.45, 7) is 2.21. The van der Waals surface area contributed by atoms with E-state index < -0.39 is 0 Å². The van der Waals surface area contributed by atoms with E-state index in [9.17, 15) is 0 Å². The molecule has 7 heteroatoms. The molecule has 0 radical (unpaired) electrons. The Labute approximate surface area is 121 Å². The minimum absolute atomic E-state index is 0.151. The van der Waals surface area contributed by atoms with Gasteiger partial charge in [-0.05, 0) is 18.6 Å². The number of pyridine rings is 1. The third-order valence-electron chi connectivity index (χ3n) is 4.13. The lowest BCUT2D eigenvalue weighted by Gasteiger charge is -2.41. The summed E-state index contributed by atoms with van der Waals surface area (Å²) in [5, 5.41) is 17.2. The second kappa shape index (κ2) is 4.82. The highest BCUT2D eigenvalue weighted by Crippen LogP contribution is 2.31. The van der Waals surface area contributed by atoms with Gasteiger partial charge in [-0.3, -0.25) is 0 Å². The van der Waals surface area contributed by atoms with Crippen molar-refractivity contribution in [3.05, 3.63) is 35.8 Å². The molecule has 0 saturated carbocycles. The van der Waals surface area contributed by atoms with Gasteiger partial charge in [-0.1, -0.05) is 5.21 Å². The van der Waals surface area contributed by atoms with Crippen LogP contribution >= 0.6 is 0 Å². The summed E-state index contributed by atoms with van der Waals surface area (Å²) in [5.41, 5.74) is 1.64. The summed E-state index contributed by atoms with van der Waals surface area (Å²) in [5.74, 6) is 0.833. The fourth-order valence-electron chi connectivity index (χ4n) is 3.05. The van der Waals surface area contributed by atoms with E-state index in [1.807, 2.05) is 10.7 Å². The van der Waals surface area contributed by atoms with Crippen LogP contribution in [-0.2, 0) is 11.3 Å². The summed E-state index contributed by atoms with van der Waals surface area (Å²) < 4.78 is 7.86. The molecule has 1 saturated heterocycles. The average molecular weight is 282 g/mol. The van der Waals surface area contributed by atoms with Crippen molar-refractivity contribution in [1.29, 1.82) is 5.26 Å². The van der Waals surface area contributed by atoms with Gasteiger partial charge < -0.3 is 9.64 Å². The fraction of sp³-hybridized carbons (Fsp3) is 0.429. The number of aromatic nitrogens is 4. The fourth-order valence-corrected chi connectivity index (χ4v) is 3.05. The largest absolute Gasteiger partial charge is 0.370 e. The Kier molecular flexibility index (Phi) is 2.82. The van der Waals surface area contributed by atoms with Crippen molar-refractivity contribution in [3.8, 4) is 6.07 Å². The van der Waals surface area contributed by atoms with Crippen molar-refractivity contribution in [2.24, 2.45) is 0 Å². The molecule has 2 aromatic heterocycles. The molecule has 1 fully saturated rings. The normalized spacial score (nSPS) is 24.0. The Balaban J connectivity index is 1.62. The van der Waals surface area contributed by atoms with Crippen LogP contribution in [0.15, 0.2) is 24.5 Å². The van der Waals surface area contributed by atoms with Gasteiger partial charge >= 0.3 is 0 Å². The number of hydrogen-bond donors (Lipinski definition) is 0. The Hall–Kier alpha value is -2.46. The number of nitriles is 1. The Morgan fingerprint density at radius 3 is 3.29 bits per heavy atom. The monoisotopic (exact) mass is 282 g/mol. The first kappa shape index (κ1) is 12.3. The minimum Gasteiger partial charge on any atom is -0.370 e. The smallest absolute Gasteiger partial charge is 0.129 e. The summed E-state index contributed by atoms with van der Waals surface area (Å²) in [7, 11) is 0. The van der Waals surface area contributed by atoms with Crippen molar-refractivity contribution < 1.29 is 4.74 Å². The molecule has 0 spiro atoms. The molecule has 4 rings (SSSR count). The quantitative estimate of drug-likeness (QED) is 0.773. The van der Waals surface area contributed by atoms with Gasteiger partial charge in [0.15, 0.2) is 0 Å². The maximum absolute atomic E-state index is 9.01. The van der Waals surface area contributed by atoms with Gasteiger partial charge in [0.25, 0.3) is 0 Å². The molecule has 0 aromatic carbocycles. The number of hydrogen-bond acceptors (Lipinski definition) is 6. The van der Waals surface area contributed by atoms with Gasteiger partial charge in [0.1, 0.15) is 5.82 Å². The van der Waals surface area contributed by atoms with Crippen LogP contribution in [0.5, 0.6) is 0 Å². The van der Waals surface area contributed by atoms with Crippen LogP contribution in [0.4, 0.5) is 5.82 Å². The Morgan fingerprint density at radius 2 is 2.38 bits per heavy atom. The van der Waals surface area contributed by atoms with Gasteiger partial charge in [0.2, 0.25) is 0 Å². The Bertz CT molecular complexity index is 705. The number of nitrogens with zero attached hydrogens (tertiary/aromatic N) is 6. The maximum atomic E-state index is 9.01. The van der Waals surface area contributed by atoms with E-state index in [4.69, 9.17) is 10.00 Å². The molecular formula is C14H14N6O. The second-order valence-corrected chi connectivity index (χ2v) is 5.34. The molecule has 0 amide bonds. The second-order valence-electron chi connectivity index (χ2n) is 5.34. The number of anilines is 1. The first-order valence-electron chi connectivity index (χ1n) is 6.97. The molecule has 106 valence electrons. The maximum Gasteiger partial charge on any atom is 0.129 e. The molecule has 2 atom stereocenters. The van der Waals surface area contributed by atoms with E-state index in [-0.39, 0.29) is 12.1 Å². The highest BCUT2D eigenvalue weighted by Gasteiger charge is 2.36. The topological polar surface area (TPSA) is 79.9 Å². The predicted octanol–water partition coefficient (Wildman–Crippen LogP) is 0.895. The lowest BCUT2D eigenvalue weighted by molar-refractivity contribution is -0.0373. The molecule has 7 nitrogen and oxygen atoms in total. The van der Waals surface area contributed by atoms with Crippen molar-refractivity contribution >= 4 is 5.82 Å². The van der Waals surface area contributed by atoms with Crippen LogP contribution < -0.4 is 4.90 Å². The molecule has 4 heterocycles. The zero-order valence-electron chi connectivity index (χ0n) is 11.4. The van der Waals surface area contributed by atoms with Crippen molar-refractivity contribution in [3.63, 3.8) is 0 Å². The third-order valence-corrected chi connectivity index (χ3v) is 4.13. The molecule has 0 bridgehead atoms. The van der Waals surface area contributed by atoms with Crippen LogP contribution in [0.3, 0.4) is 0 Å². The van der Waals surface area contributed by atoms with Crippen molar-refractivity contribution in [2.75, 3.05) is 18.0 Å². The van der Waals surface area contributed by atoms with Crippen molar-refractivity contribution in [1.82, 2.24) is 20.0 Å². The van der Waals surface area contributed by atoms with Crippen LogP contribution in [-0.4, -0.2) is 39.2 Å². The zero-order valence-corrected chi connectivity index (χ0v) is 11.4. The van der Waals surface area contributed by atoms with E-state index in [1.165, 1.54) is 0 Å². The summed E-state index contributed by atoms with van der Waals surface area (Å²) in [6, 6.07) is 5.85. The van der Waals surface area contributed by atoms with Gasteiger partial charge in [-0.25, -0.2) is 9.67 Å². The zero-order chi connectivity index (χ0) is 14.2. The lowest BCUT2D eigenvalue weighted by Crippen LogP contribution is -2.48. The predicted molar refractivity (Wildman–Crippen MR) is 73.4 cm³/mol. The van der Waals surface area contributed by atoms with Gasteiger partial charge in [0, 0.05) is 19.3 Å². The van der Waals surface area contributed by atoms with E-state index >= 15 is 0 Å². The van der Waals surface area contributed by atoms with Crippen LogP contribution in [0.25, 0.3) is 0 Å². The van der Waals surface area contributed by atoms with Gasteiger partial charge in [-0.15, -0.1) is 5.10 Å². The Morgan fingerprint density at radius 1 is 1.43 bits per heavy atom. The molecule has 2 aliphatic rings. The molecular weight excluding hydrogens is 268 g/mol. The molecule has 0 unspecified atom stereocenters. The van der Waals surface area contributed by atoms with Crippen LogP contribution in [0.1, 0.15) is 23.7 Å². The summed E-state index contributed by atoms with van der Waals surface area (Å²) >= 11 is 0. The molecule has 2 aromatic rings. The number of ether oxygens (including phenoxy) is 1. The highest BCUT2D eigenvalue weighted by atomic mass is 16.5. The van der Waals surface area contributed by atoms with Crippen LogP contribution in [0, 0.1) is 11.3 Å². The van der Waals surface area contributed by atoms with E-state index in [0.29, 0.717) is 12.2 Å². The molecule has 21 heavy (non-hydrogen) atoms. The highest BCUT2D eigenvalue weighted by molar-refractivity contribution is 5.45. The van der Waals surface area contributed by atoms with E-state index in [2.05, 4.69) is 26.3 Å². The summed E-state index contributed by atoms with van der Waals surface area (Å²) in [6.07, 6.45) is 4.53. The summed E-state index contributed by atoms with van der Waals surface area (Å²) in [4.78, 5) is 6.56. The third kappa shape index (κ3) is 2.04. The minimum atomic E-state index is 0.151. The van der Waals surface area contributed by atoms with Gasteiger partial charge in [-0.2, -0.15) is 5.26 Å².